The van der Waals surface area contributed by atoms with Crippen molar-refractivity contribution in [3.63, 3.8) is 0 Å². The van der Waals surface area contributed by atoms with Crippen molar-refractivity contribution >= 4 is 5.91 Å². The highest BCUT2D eigenvalue weighted by Crippen LogP contribution is 2.20. The molecule has 1 amide bonds. The van der Waals surface area contributed by atoms with Gasteiger partial charge in [-0.2, -0.15) is 0 Å². The van der Waals surface area contributed by atoms with Crippen molar-refractivity contribution in [2.45, 2.75) is 38.8 Å². The molecule has 1 saturated carbocycles. The van der Waals surface area contributed by atoms with Gasteiger partial charge in [0.15, 0.2) is 0 Å². The molecular formula is C15H21NO3. The minimum absolute atomic E-state index is 0.0998. The molecule has 1 fully saturated rings. The quantitative estimate of drug-likeness (QED) is 0.854. The number of aliphatic hydroxyl groups is 1. The summed E-state index contributed by atoms with van der Waals surface area (Å²) in [5.41, 5.74) is 0.600. The molecule has 0 spiro atoms. The Morgan fingerprint density at radius 2 is 2.21 bits per heavy atom. The minimum atomic E-state index is -0.258. The molecule has 0 aliphatic heterocycles. The highest BCUT2D eigenvalue weighted by Gasteiger charge is 2.28. The lowest BCUT2D eigenvalue weighted by Gasteiger charge is -2.31. The van der Waals surface area contributed by atoms with Crippen molar-refractivity contribution in [1.82, 2.24) is 5.32 Å². The van der Waals surface area contributed by atoms with E-state index in [0.717, 1.165) is 5.75 Å². The van der Waals surface area contributed by atoms with Crippen LogP contribution in [0.4, 0.5) is 0 Å². The van der Waals surface area contributed by atoms with Gasteiger partial charge in [0, 0.05) is 11.6 Å². The SMILES string of the molecule is CC(C)COc1cccc(C(=O)NC2CC(O)C2)c1. The molecule has 0 bridgehead atoms. The molecule has 2 N–H and O–H groups in total. The maximum absolute atomic E-state index is 12.0. The maximum atomic E-state index is 12.0. The predicted octanol–water partition coefficient (Wildman–Crippen LogP) is 1.97. The average Bonchev–Trinajstić information content (AvgIpc) is 2.35. The Bertz CT molecular complexity index is 439. The summed E-state index contributed by atoms with van der Waals surface area (Å²) in [5, 5.41) is 12.1. The van der Waals surface area contributed by atoms with Crippen molar-refractivity contribution < 1.29 is 14.6 Å². The van der Waals surface area contributed by atoms with E-state index in [9.17, 15) is 9.90 Å². The number of benzene rings is 1. The molecule has 0 radical (unpaired) electrons. The van der Waals surface area contributed by atoms with Crippen LogP contribution in [-0.4, -0.2) is 29.8 Å². The highest BCUT2D eigenvalue weighted by atomic mass is 16.5. The molecule has 1 aromatic carbocycles. The van der Waals surface area contributed by atoms with E-state index >= 15 is 0 Å². The first-order valence-corrected chi connectivity index (χ1v) is 6.76. The van der Waals surface area contributed by atoms with E-state index in [0.29, 0.717) is 30.9 Å². The Hall–Kier alpha value is -1.55. The first-order chi connectivity index (χ1) is 9.04. The number of carbonyl (C=O) groups excluding carboxylic acids is 1. The van der Waals surface area contributed by atoms with Crippen molar-refractivity contribution in [3.05, 3.63) is 29.8 Å². The van der Waals surface area contributed by atoms with Crippen LogP contribution in [-0.2, 0) is 0 Å². The van der Waals surface area contributed by atoms with Crippen molar-refractivity contribution in [2.75, 3.05) is 6.61 Å². The lowest BCUT2D eigenvalue weighted by molar-refractivity contribution is 0.0562. The summed E-state index contributed by atoms with van der Waals surface area (Å²) in [5.74, 6) is 1.07. The Morgan fingerprint density at radius 3 is 2.84 bits per heavy atom. The number of ether oxygens (including phenoxy) is 1. The van der Waals surface area contributed by atoms with Gasteiger partial charge in [-0.15, -0.1) is 0 Å². The molecule has 1 aromatic rings. The van der Waals surface area contributed by atoms with Crippen LogP contribution >= 0.6 is 0 Å². The van der Waals surface area contributed by atoms with Gasteiger partial charge >= 0.3 is 0 Å². The Kier molecular flexibility index (Phi) is 4.43. The molecule has 0 heterocycles. The molecule has 0 saturated heterocycles. The van der Waals surface area contributed by atoms with Crippen molar-refractivity contribution in [1.29, 1.82) is 0 Å². The first kappa shape index (κ1) is 13.9. The largest absolute Gasteiger partial charge is 0.493 e. The summed E-state index contributed by atoms with van der Waals surface area (Å²) in [6, 6.07) is 7.30. The number of aliphatic hydroxyl groups excluding tert-OH is 1. The zero-order valence-electron chi connectivity index (χ0n) is 11.4. The topological polar surface area (TPSA) is 58.6 Å². The van der Waals surface area contributed by atoms with Crippen LogP contribution in [0.1, 0.15) is 37.0 Å². The second-order valence-corrected chi connectivity index (χ2v) is 5.53. The fraction of sp³-hybridized carbons (Fsp3) is 0.533. The van der Waals surface area contributed by atoms with Crippen LogP contribution < -0.4 is 10.1 Å². The monoisotopic (exact) mass is 263 g/mol. The molecule has 0 unspecified atom stereocenters. The van der Waals surface area contributed by atoms with Gasteiger partial charge in [0.25, 0.3) is 5.91 Å². The van der Waals surface area contributed by atoms with E-state index < -0.39 is 0 Å². The van der Waals surface area contributed by atoms with Crippen LogP contribution in [0.2, 0.25) is 0 Å². The molecule has 1 aliphatic carbocycles. The second kappa shape index (κ2) is 6.06. The fourth-order valence-corrected chi connectivity index (χ4v) is 1.96. The van der Waals surface area contributed by atoms with E-state index in [-0.39, 0.29) is 18.1 Å². The van der Waals surface area contributed by atoms with E-state index in [1.54, 1.807) is 12.1 Å². The van der Waals surface area contributed by atoms with Crippen LogP contribution in [0.15, 0.2) is 24.3 Å². The van der Waals surface area contributed by atoms with Gasteiger partial charge in [-0.25, -0.2) is 0 Å². The van der Waals surface area contributed by atoms with E-state index in [1.165, 1.54) is 0 Å². The number of hydrogen-bond acceptors (Lipinski definition) is 3. The zero-order valence-corrected chi connectivity index (χ0v) is 11.4. The van der Waals surface area contributed by atoms with E-state index in [4.69, 9.17) is 4.74 Å². The molecule has 19 heavy (non-hydrogen) atoms. The predicted molar refractivity (Wildman–Crippen MR) is 73.3 cm³/mol. The molecule has 0 aromatic heterocycles. The molecule has 4 nitrogen and oxygen atoms in total. The number of hydrogen-bond donors (Lipinski definition) is 2. The van der Waals surface area contributed by atoms with Gasteiger partial charge in [0.1, 0.15) is 5.75 Å². The maximum Gasteiger partial charge on any atom is 0.251 e. The van der Waals surface area contributed by atoms with Gasteiger partial charge in [-0.1, -0.05) is 19.9 Å². The minimum Gasteiger partial charge on any atom is -0.493 e. The normalized spacial score (nSPS) is 21.9. The van der Waals surface area contributed by atoms with Gasteiger partial charge in [0.05, 0.1) is 12.7 Å². The summed E-state index contributed by atoms with van der Waals surface area (Å²) in [6.07, 6.45) is 1.04. The van der Waals surface area contributed by atoms with Crippen molar-refractivity contribution in [3.8, 4) is 5.75 Å². The van der Waals surface area contributed by atoms with Gasteiger partial charge in [-0.3, -0.25) is 4.79 Å². The van der Waals surface area contributed by atoms with Gasteiger partial charge in [0.2, 0.25) is 0 Å². The Labute approximate surface area is 113 Å². The first-order valence-electron chi connectivity index (χ1n) is 6.76. The van der Waals surface area contributed by atoms with Gasteiger partial charge < -0.3 is 15.2 Å². The third kappa shape index (κ3) is 3.96. The van der Waals surface area contributed by atoms with Crippen molar-refractivity contribution in [2.24, 2.45) is 5.92 Å². The van der Waals surface area contributed by atoms with Crippen LogP contribution in [0, 0.1) is 5.92 Å². The van der Waals surface area contributed by atoms with Gasteiger partial charge in [-0.05, 0) is 37.0 Å². The smallest absolute Gasteiger partial charge is 0.251 e. The molecule has 104 valence electrons. The number of carbonyl (C=O) groups is 1. The summed E-state index contributed by atoms with van der Waals surface area (Å²) >= 11 is 0. The van der Waals surface area contributed by atoms with Crippen LogP contribution in [0.3, 0.4) is 0 Å². The Balaban J connectivity index is 1.91. The summed E-state index contributed by atoms with van der Waals surface area (Å²) < 4.78 is 5.60. The van der Waals surface area contributed by atoms with Crippen LogP contribution in [0.25, 0.3) is 0 Å². The van der Waals surface area contributed by atoms with E-state index in [1.807, 2.05) is 12.1 Å². The fourth-order valence-electron chi connectivity index (χ4n) is 1.96. The van der Waals surface area contributed by atoms with E-state index in [2.05, 4.69) is 19.2 Å². The molecule has 4 heteroatoms. The zero-order chi connectivity index (χ0) is 13.8. The standard InChI is InChI=1S/C15H21NO3/c1-10(2)9-19-14-5-3-4-11(6-14)15(18)16-12-7-13(17)8-12/h3-6,10,12-13,17H,7-9H2,1-2H3,(H,16,18). The third-order valence-corrected chi connectivity index (χ3v) is 3.13. The van der Waals surface area contributed by atoms with Crippen LogP contribution in [0.5, 0.6) is 5.75 Å². The molecule has 1 aliphatic rings. The molecule has 2 rings (SSSR count). The molecular weight excluding hydrogens is 242 g/mol. The molecule has 0 atom stereocenters. The number of amides is 1. The second-order valence-electron chi connectivity index (χ2n) is 5.53. The average molecular weight is 263 g/mol. The number of rotatable bonds is 5. The lowest BCUT2D eigenvalue weighted by Crippen LogP contribution is -2.46. The summed E-state index contributed by atoms with van der Waals surface area (Å²) in [6.45, 7) is 4.80. The Morgan fingerprint density at radius 1 is 1.47 bits per heavy atom. The summed E-state index contributed by atoms with van der Waals surface area (Å²) in [7, 11) is 0. The number of nitrogens with one attached hydrogen (secondary N) is 1. The summed E-state index contributed by atoms with van der Waals surface area (Å²) in [4.78, 5) is 12.0. The third-order valence-electron chi connectivity index (χ3n) is 3.13. The highest BCUT2D eigenvalue weighted by molar-refractivity contribution is 5.94. The lowest BCUT2D eigenvalue weighted by atomic mass is 9.89.